The second kappa shape index (κ2) is 5.79. The lowest BCUT2D eigenvalue weighted by Gasteiger charge is -2.15. The third kappa shape index (κ3) is 3.12. The number of nitrogen functional groups attached to an aromatic ring is 1. The fourth-order valence-electron chi connectivity index (χ4n) is 2.26. The van der Waals surface area contributed by atoms with Gasteiger partial charge in [-0.05, 0) is 67.5 Å². The van der Waals surface area contributed by atoms with Gasteiger partial charge in [-0.15, -0.1) is 11.3 Å². The molecule has 1 heterocycles. The quantitative estimate of drug-likeness (QED) is 0.849. The Hall–Kier alpha value is -1.37. The Kier molecular flexibility index (Phi) is 4.41. The number of thiophene rings is 1. The Morgan fingerprint density at radius 3 is 2.38 bits per heavy atom. The molecule has 0 aliphatic rings. The van der Waals surface area contributed by atoms with Crippen LogP contribution < -0.4 is 10.5 Å². The molecule has 4 nitrogen and oxygen atoms in total. The smallest absolute Gasteiger partial charge is 0.241 e. The molecule has 6 heteroatoms. The van der Waals surface area contributed by atoms with Crippen LogP contribution in [0.25, 0.3) is 0 Å². The minimum absolute atomic E-state index is 0.300. The van der Waals surface area contributed by atoms with Gasteiger partial charge in [0.15, 0.2) is 0 Å². The molecule has 0 saturated carbocycles. The highest BCUT2D eigenvalue weighted by molar-refractivity contribution is 7.89. The number of aryl methyl sites for hydroxylation is 2. The first-order valence-electron chi connectivity index (χ1n) is 6.63. The first-order valence-corrected chi connectivity index (χ1v) is 8.99. The molecule has 0 bridgehead atoms. The van der Waals surface area contributed by atoms with Gasteiger partial charge in [-0.1, -0.05) is 0 Å². The van der Waals surface area contributed by atoms with E-state index in [-0.39, 0.29) is 0 Å². The molecule has 3 N–H and O–H groups in total. The van der Waals surface area contributed by atoms with E-state index in [1.807, 2.05) is 38.3 Å². The summed E-state index contributed by atoms with van der Waals surface area (Å²) in [6.07, 6.45) is 0. The van der Waals surface area contributed by atoms with Gasteiger partial charge >= 0.3 is 0 Å². The molecule has 0 fully saturated rings. The second-order valence-corrected chi connectivity index (χ2v) is 7.92. The van der Waals surface area contributed by atoms with Crippen LogP contribution in [0, 0.1) is 27.7 Å². The van der Waals surface area contributed by atoms with Crippen molar-refractivity contribution in [2.75, 3.05) is 5.73 Å². The third-order valence-corrected chi connectivity index (χ3v) is 6.43. The number of rotatable bonds is 4. The van der Waals surface area contributed by atoms with Gasteiger partial charge in [-0.2, -0.15) is 0 Å². The van der Waals surface area contributed by atoms with Crippen LogP contribution in [0.5, 0.6) is 0 Å². The van der Waals surface area contributed by atoms with E-state index in [2.05, 4.69) is 4.72 Å². The molecule has 1 aromatic heterocycles. The summed E-state index contributed by atoms with van der Waals surface area (Å²) in [7, 11) is -3.58. The van der Waals surface area contributed by atoms with Crippen molar-refractivity contribution in [3.05, 3.63) is 44.6 Å². The van der Waals surface area contributed by atoms with E-state index in [0.717, 1.165) is 21.6 Å². The van der Waals surface area contributed by atoms with Gasteiger partial charge in [0.05, 0.1) is 4.90 Å². The number of anilines is 1. The van der Waals surface area contributed by atoms with Gasteiger partial charge in [0.25, 0.3) is 0 Å². The molecule has 0 spiro atoms. The summed E-state index contributed by atoms with van der Waals surface area (Å²) in [4.78, 5) is 1.32. The van der Waals surface area contributed by atoms with Crippen LogP contribution in [-0.4, -0.2) is 8.42 Å². The number of hydrogen-bond donors (Lipinski definition) is 2. The van der Waals surface area contributed by atoms with Crippen molar-refractivity contribution in [1.29, 1.82) is 0 Å². The van der Waals surface area contributed by atoms with Crippen LogP contribution in [0.4, 0.5) is 5.69 Å². The Morgan fingerprint density at radius 1 is 1.14 bits per heavy atom. The highest BCUT2D eigenvalue weighted by Gasteiger charge is 2.22. The van der Waals surface area contributed by atoms with Crippen molar-refractivity contribution < 1.29 is 8.42 Å². The van der Waals surface area contributed by atoms with E-state index in [1.165, 1.54) is 0 Å². The lowest BCUT2D eigenvalue weighted by atomic mass is 10.1. The fraction of sp³-hybridized carbons (Fsp3) is 0.333. The van der Waals surface area contributed by atoms with E-state index < -0.39 is 10.0 Å². The largest absolute Gasteiger partial charge is 0.398 e. The van der Waals surface area contributed by atoms with Crippen LogP contribution >= 0.6 is 11.3 Å². The second-order valence-electron chi connectivity index (χ2n) is 5.21. The van der Waals surface area contributed by atoms with Gasteiger partial charge in [0.2, 0.25) is 10.0 Å². The molecule has 0 aliphatic heterocycles. The van der Waals surface area contributed by atoms with E-state index in [9.17, 15) is 8.42 Å². The molecule has 1 aromatic carbocycles. The lowest BCUT2D eigenvalue weighted by molar-refractivity contribution is 0.580. The monoisotopic (exact) mass is 324 g/mol. The molecule has 0 amide bonds. The van der Waals surface area contributed by atoms with Crippen LogP contribution in [0.2, 0.25) is 0 Å². The predicted octanol–water partition coefficient (Wildman–Crippen LogP) is 3.04. The number of nitrogens with two attached hydrogens (primary N) is 1. The molecule has 0 radical (unpaired) electrons. The maximum Gasteiger partial charge on any atom is 0.241 e. The predicted molar refractivity (Wildman–Crippen MR) is 88.1 cm³/mol. The average molecular weight is 324 g/mol. The highest BCUT2D eigenvalue weighted by atomic mass is 32.2. The van der Waals surface area contributed by atoms with Gasteiger partial charge in [0, 0.05) is 17.1 Å². The van der Waals surface area contributed by atoms with Crippen LogP contribution in [0.1, 0.15) is 27.1 Å². The summed E-state index contributed by atoms with van der Waals surface area (Å²) >= 11 is 1.55. The van der Waals surface area contributed by atoms with Gasteiger partial charge in [-0.3, -0.25) is 0 Å². The minimum Gasteiger partial charge on any atom is -0.398 e. The minimum atomic E-state index is -3.58. The van der Waals surface area contributed by atoms with Crippen molar-refractivity contribution in [2.24, 2.45) is 0 Å². The van der Waals surface area contributed by atoms with E-state index in [4.69, 9.17) is 5.73 Å². The molecular formula is C15H20N2O2S2. The van der Waals surface area contributed by atoms with Crippen molar-refractivity contribution in [3.8, 4) is 0 Å². The summed E-state index contributed by atoms with van der Waals surface area (Å²) in [5.41, 5.74) is 9.75. The Bertz CT molecular complexity index is 751. The Morgan fingerprint density at radius 2 is 1.81 bits per heavy atom. The highest BCUT2D eigenvalue weighted by Crippen LogP contribution is 2.28. The third-order valence-electron chi connectivity index (χ3n) is 3.74. The van der Waals surface area contributed by atoms with Crippen molar-refractivity contribution in [1.82, 2.24) is 4.72 Å². The molecule has 0 atom stereocenters. The summed E-state index contributed by atoms with van der Waals surface area (Å²) in [6.45, 7) is 7.70. The van der Waals surface area contributed by atoms with E-state index >= 15 is 0 Å². The summed E-state index contributed by atoms with van der Waals surface area (Å²) in [5.74, 6) is 0. The first kappa shape index (κ1) is 16.0. The number of nitrogens with one attached hydrogen (secondary N) is 1. The zero-order valence-corrected chi connectivity index (χ0v) is 14.3. The number of hydrogen-bond acceptors (Lipinski definition) is 4. The molecule has 0 aliphatic carbocycles. The molecule has 0 unspecified atom stereocenters. The topological polar surface area (TPSA) is 72.2 Å². The molecule has 114 valence electrons. The maximum atomic E-state index is 12.6. The van der Waals surface area contributed by atoms with E-state index in [1.54, 1.807) is 18.3 Å². The summed E-state index contributed by atoms with van der Waals surface area (Å²) < 4.78 is 27.9. The molecule has 2 aromatic rings. The van der Waals surface area contributed by atoms with Gasteiger partial charge in [-0.25, -0.2) is 13.1 Å². The maximum absolute atomic E-state index is 12.6. The van der Waals surface area contributed by atoms with Crippen LogP contribution in [0.3, 0.4) is 0 Å². The van der Waals surface area contributed by atoms with Crippen molar-refractivity contribution in [2.45, 2.75) is 39.1 Å². The Balaban J connectivity index is 2.39. The first-order chi connectivity index (χ1) is 9.74. The summed E-state index contributed by atoms with van der Waals surface area (Å²) in [5, 5.41) is 1.96. The molecule has 2 rings (SSSR count). The van der Waals surface area contributed by atoms with Crippen molar-refractivity contribution >= 4 is 27.0 Å². The standard InChI is InChI=1S/C15H20N2O2S2/c1-9-5-6-20-14(9)8-17-21(18,19)15-11(3)10(2)7-13(16)12(15)4/h5-7,17H,8,16H2,1-4H3. The van der Waals surface area contributed by atoms with Crippen molar-refractivity contribution in [3.63, 3.8) is 0 Å². The molecular weight excluding hydrogens is 304 g/mol. The summed E-state index contributed by atoms with van der Waals surface area (Å²) in [6, 6.07) is 3.79. The Labute approximate surface area is 130 Å². The molecule has 0 saturated heterocycles. The zero-order valence-electron chi connectivity index (χ0n) is 12.6. The molecule has 21 heavy (non-hydrogen) atoms. The van der Waals surface area contributed by atoms with E-state index in [0.29, 0.717) is 22.7 Å². The number of benzene rings is 1. The van der Waals surface area contributed by atoms with Crippen LogP contribution in [-0.2, 0) is 16.6 Å². The van der Waals surface area contributed by atoms with Gasteiger partial charge in [0.1, 0.15) is 0 Å². The fourth-order valence-corrected chi connectivity index (χ4v) is 4.76. The lowest BCUT2D eigenvalue weighted by Crippen LogP contribution is -2.25. The normalized spacial score (nSPS) is 11.8. The number of sulfonamides is 1. The average Bonchev–Trinajstić information content (AvgIpc) is 2.80. The van der Waals surface area contributed by atoms with Gasteiger partial charge < -0.3 is 5.73 Å². The van der Waals surface area contributed by atoms with Crippen LogP contribution in [0.15, 0.2) is 22.4 Å². The SMILES string of the molecule is Cc1ccsc1CNS(=O)(=O)c1c(C)c(C)cc(N)c1C. The zero-order chi connectivity index (χ0) is 15.8.